The second-order valence-corrected chi connectivity index (χ2v) is 6.18. The maximum absolute atomic E-state index is 12.0. The summed E-state index contributed by atoms with van der Waals surface area (Å²) in [7, 11) is 0. The summed E-state index contributed by atoms with van der Waals surface area (Å²) in [6.45, 7) is 1.81. The minimum absolute atomic E-state index is 0.217. The normalized spacial score (nSPS) is 10.9. The van der Waals surface area contributed by atoms with Gasteiger partial charge in [-0.05, 0) is 61.0 Å². The molecule has 27 heavy (non-hydrogen) atoms. The van der Waals surface area contributed by atoms with Gasteiger partial charge in [0.15, 0.2) is 0 Å². The van der Waals surface area contributed by atoms with E-state index in [0.717, 1.165) is 11.1 Å². The van der Waals surface area contributed by atoms with Crippen LogP contribution in [-0.4, -0.2) is 23.2 Å². The fourth-order valence-corrected chi connectivity index (χ4v) is 2.59. The molecular formula is C20H15ClN2O4. The average molecular weight is 383 g/mol. The van der Waals surface area contributed by atoms with Gasteiger partial charge in [0.1, 0.15) is 11.5 Å². The Bertz CT molecular complexity index is 1020. The van der Waals surface area contributed by atoms with E-state index in [-0.39, 0.29) is 11.5 Å². The number of carbonyl (C=O) groups excluding carboxylic acids is 1. The highest BCUT2D eigenvalue weighted by atomic mass is 35.5. The molecule has 0 fully saturated rings. The third kappa shape index (κ3) is 4.43. The number of nitrogens with one attached hydrogen (secondary N) is 1. The Morgan fingerprint density at radius 3 is 2.44 bits per heavy atom. The second-order valence-electron chi connectivity index (χ2n) is 5.74. The Labute approximate surface area is 160 Å². The summed E-state index contributed by atoms with van der Waals surface area (Å²) in [5, 5.41) is 13.5. The van der Waals surface area contributed by atoms with Crippen LogP contribution < -0.4 is 5.43 Å². The first kappa shape index (κ1) is 18.4. The fourth-order valence-electron chi connectivity index (χ4n) is 2.46. The Balaban J connectivity index is 1.69. The Kier molecular flexibility index (Phi) is 5.38. The molecule has 3 rings (SSSR count). The minimum Gasteiger partial charge on any atom is -0.478 e. The fraction of sp³-hybridized carbons (Fsp3) is 0.0500. The van der Waals surface area contributed by atoms with Gasteiger partial charge >= 0.3 is 5.97 Å². The van der Waals surface area contributed by atoms with E-state index in [2.05, 4.69) is 10.5 Å². The molecular weight excluding hydrogens is 368 g/mol. The highest BCUT2D eigenvalue weighted by molar-refractivity contribution is 6.30. The van der Waals surface area contributed by atoms with Crippen LogP contribution in [0, 0.1) is 6.92 Å². The predicted octanol–water partition coefficient (Wildman–Crippen LogP) is 4.37. The topological polar surface area (TPSA) is 91.9 Å². The van der Waals surface area contributed by atoms with Gasteiger partial charge in [0.2, 0.25) is 0 Å². The number of carboxylic acid groups (broad SMARTS) is 1. The lowest BCUT2D eigenvalue weighted by Gasteiger charge is -2.03. The van der Waals surface area contributed by atoms with E-state index in [1.807, 2.05) is 6.92 Å². The number of amides is 1. The molecule has 0 atom stereocenters. The van der Waals surface area contributed by atoms with Crippen molar-refractivity contribution in [2.24, 2.45) is 5.10 Å². The molecule has 2 aromatic carbocycles. The molecule has 1 aromatic heterocycles. The summed E-state index contributed by atoms with van der Waals surface area (Å²) in [5.41, 5.74) is 4.63. The van der Waals surface area contributed by atoms with Crippen LogP contribution >= 0.6 is 11.6 Å². The Morgan fingerprint density at radius 2 is 1.78 bits per heavy atom. The van der Waals surface area contributed by atoms with Gasteiger partial charge in [0.25, 0.3) is 5.91 Å². The van der Waals surface area contributed by atoms with Gasteiger partial charge in [-0.1, -0.05) is 17.7 Å². The van der Waals surface area contributed by atoms with Gasteiger partial charge in [-0.15, -0.1) is 0 Å². The van der Waals surface area contributed by atoms with E-state index in [1.165, 1.54) is 12.3 Å². The lowest BCUT2D eigenvalue weighted by molar-refractivity contribution is 0.0696. The summed E-state index contributed by atoms with van der Waals surface area (Å²) in [6, 6.07) is 14.7. The van der Waals surface area contributed by atoms with E-state index >= 15 is 0 Å². The van der Waals surface area contributed by atoms with Crippen LogP contribution in [0.25, 0.3) is 11.3 Å². The first-order valence-electron chi connectivity index (χ1n) is 7.97. The third-order valence-corrected chi connectivity index (χ3v) is 4.08. The molecule has 136 valence electrons. The molecule has 3 aromatic rings. The van der Waals surface area contributed by atoms with Crippen LogP contribution in [0.4, 0.5) is 0 Å². The molecule has 0 unspecified atom stereocenters. The predicted molar refractivity (Wildman–Crippen MR) is 102 cm³/mol. The molecule has 0 aliphatic heterocycles. The number of carbonyl (C=O) groups is 2. The van der Waals surface area contributed by atoms with Gasteiger partial charge < -0.3 is 9.52 Å². The number of carboxylic acids is 1. The van der Waals surface area contributed by atoms with Crippen LogP contribution in [0.15, 0.2) is 64.1 Å². The van der Waals surface area contributed by atoms with Crippen molar-refractivity contribution in [1.29, 1.82) is 0 Å². The largest absolute Gasteiger partial charge is 0.478 e. The van der Waals surface area contributed by atoms with Crippen LogP contribution in [-0.2, 0) is 0 Å². The molecule has 0 bridgehead atoms. The molecule has 0 aliphatic carbocycles. The van der Waals surface area contributed by atoms with Crippen molar-refractivity contribution in [3.8, 4) is 11.3 Å². The number of hydrogen-bond acceptors (Lipinski definition) is 4. The molecule has 0 aliphatic rings. The van der Waals surface area contributed by atoms with Gasteiger partial charge in [0.05, 0.1) is 11.8 Å². The van der Waals surface area contributed by atoms with Crippen molar-refractivity contribution in [1.82, 2.24) is 5.43 Å². The summed E-state index contributed by atoms with van der Waals surface area (Å²) in [6.07, 6.45) is 1.39. The van der Waals surface area contributed by atoms with Crippen molar-refractivity contribution in [2.75, 3.05) is 0 Å². The minimum atomic E-state index is -0.978. The average Bonchev–Trinajstić information content (AvgIpc) is 3.10. The number of hydrazone groups is 1. The number of hydrogen-bond donors (Lipinski definition) is 2. The standard InChI is InChI=1S/C20H15ClN2O4/c1-12-10-14(20(25)26)4-8-17(12)18-9-7-16(27-18)11-22-23-19(24)13-2-5-15(21)6-3-13/h2-11H,1H3,(H,23,24)(H,25,26)/b22-11-. The SMILES string of the molecule is Cc1cc(C(=O)O)ccc1-c1ccc(/C=N\NC(=O)c2ccc(Cl)cc2)o1. The molecule has 0 spiro atoms. The number of aryl methyl sites for hydroxylation is 1. The van der Waals surface area contributed by atoms with E-state index < -0.39 is 5.97 Å². The molecule has 1 amide bonds. The van der Waals surface area contributed by atoms with Crippen LogP contribution in [0.5, 0.6) is 0 Å². The van der Waals surface area contributed by atoms with E-state index in [4.69, 9.17) is 21.1 Å². The maximum atomic E-state index is 12.0. The monoisotopic (exact) mass is 382 g/mol. The molecule has 1 heterocycles. The van der Waals surface area contributed by atoms with E-state index in [0.29, 0.717) is 22.1 Å². The molecule has 7 heteroatoms. The Hall–Kier alpha value is -3.38. The first-order valence-corrected chi connectivity index (χ1v) is 8.35. The lowest BCUT2D eigenvalue weighted by atomic mass is 10.0. The van der Waals surface area contributed by atoms with Gasteiger partial charge in [-0.3, -0.25) is 4.79 Å². The Morgan fingerprint density at radius 1 is 1.07 bits per heavy atom. The smallest absolute Gasteiger partial charge is 0.335 e. The third-order valence-electron chi connectivity index (χ3n) is 3.83. The maximum Gasteiger partial charge on any atom is 0.335 e. The number of nitrogens with zero attached hydrogens (tertiary/aromatic N) is 1. The van der Waals surface area contributed by atoms with E-state index in [1.54, 1.807) is 48.5 Å². The van der Waals surface area contributed by atoms with E-state index in [9.17, 15) is 9.59 Å². The number of furan rings is 1. The van der Waals surface area contributed by atoms with Crippen molar-refractivity contribution in [2.45, 2.75) is 6.92 Å². The molecule has 0 radical (unpaired) electrons. The zero-order valence-electron chi connectivity index (χ0n) is 14.3. The number of benzene rings is 2. The first-order chi connectivity index (χ1) is 12.9. The van der Waals surface area contributed by atoms with Crippen molar-refractivity contribution in [3.63, 3.8) is 0 Å². The molecule has 0 saturated heterocycles. The highest BCUT2D eigenvalue weighted by Crippen LogP contribution is 2.26. The zero-order chi connectivity index (χ0) is 19.4. The molecule has 6 nitrogen and oxygen atoms in total. The summed E-state index contributed by atoms with van der Waals surface area (Å²) < 4.78 is 5.69. The molecule has 0 saturated carbocycles. The zero-order valence-corrected chi connectivity index (χ0v) is 15.0. The van der Waals surface area contributed by atoms with Gasteiger partial charge in [0, 0.05) is 16.1 Å². The summed E-state index contributed by atoms with van der Waals surface area (Å²) >= 11 is 5.79. The van der Waals surface area contributed by atoms with Crippen molar-refractivity contribution < 1.29 is 19.1 Å². The summed E-state index contributed by atoms with van der Waals surface area (Å²) in [4.78, 5) is 23.0. The second kappa shape index (κ2) is 7.88. The summed E-state index contributed by atoms with van der Waals surface area (Å²) in [5.74, 6) is -0.318. The van der Waals surface area contributed by atoms with Crippen LogP contribution in [0.2, 0.25) is 5.02 Å². The number of aromatic carboxylic acids is 1. The molecule has 2 N–H and O–H groups in total. The van der Waals surface area contributed by atoms with Gasteiger partial charge in [-0.2, -0.15) is 5.10 Å². The lowest BCUT2D eigenvalue weighted by Crippen LogP contribution is -2.17. The van der Waals surface area contributed by atoms with Crippen molar-refractivity contribution in [3.05, 3.63) is 82.1 Å². The number of rotatable bonds is 5. The quantitative estimate of drug-likeness (QED) is 0.506. The highest BCUT2D eigenvalue weighted by Gasteiger charge is 2.10. The van der Waals surface area contributed by atoms with Crippen LogP contribution in [0.3, 0.4) is 0 Å². The number of halogens is 1. The van der Waals surface area contributed by atoms with Crippen LogP contribution in [0.1, 0.15) is 32.0 Å². The van der Waals surface area contributed by atoms with Gasteiger partial charge in [-0.25, -0.2) is 10.2 Å². The van der Waals surface area contributed by atoms with Crippen molar-refractivity contribution >= 4 is 29.7 Å².